The zero-order chi connectivity index (χ0) is 20.1. The minimum atomic E-state index is -2.22. The first-order chi connectivity index (χ1) is 12.1. The Morgan fingerprint density at radius 3 is 2.12 bits per heavy atom. The zero-order valence-corrected chi connectivity index (χ0v) is 18.7. The highest BCUT2D eigenvalue weighted by Gasteiger charge is 2.53. The molecule has 0 aromatic heterocycles. The fraction of sp³-hybridized carbons (Fsp3) is 0.667. The van der Waals surface area contributed by atoms with Crippen LogP contribution in [0, 0.1) is 5.41 Å². The van der Waals surface area contributed by atoms with Crippen LogP contribution in [0.25, 0.3) is 0 Å². The zero-order valence-electron chi connectivity index (χ0n) is 17.7. The lowest BCUT2D eigenvalue weighted by atomic mass is 9.84. The number of methoxy groups -OCH3 is 1. The fourth-order valence-corrected chi connectivity index (χ4v) is 9.61. The Hall–Kier alpha value is -1.49. The van der Waals surface area contributed by atoms with Gasteiger partial charge in [-0.3, -0.25) is 4.79 Å². The van der Waals surface area contributed by atoms with Gasteiger partial charge in [-0.05, 0) is 36.0 Å². The van der Waals surface area contributed by atoms with E-state index >= 15 is 0 Å². The van der Waals surface area contributed by atoms with Gasteiger partial charge >= 0.3 is 5.97 Å². The molecule has 4 nitrogen and oxygen atoms in total. The van der Waals surface area contributed by atoms with Gasteiger partial charge in [-0.25, -0.2) is 0 Å². The van der Waals surface area contributed by atoms with E-state index in [4.69, 9.17) is 13.9 Å². The van der Waals surface area contributed by atoms with Gasteiger partial charge in [0.2, 0.25) is 0 Å². The molecule has 0 saturated heterocycles. The fourth-order valence-electron chi connectivity index (χ4n) is 4.29. The molecule has 0 saturated carbocycles. The molecule has 0 spiro atoms. The van der Waals surface area contributed by atoms with Crippen LogP contribution in [-0.2, 0) is 18.7 Å². The Bertz CT molecular complexity index is 553. The molecule has 0 amide bonds. The highest BCUT2D eigenvalue weighted by Crippen LogP contribution is 2.50. The Labute approximate surface area is 160 Å². The van der Waals surface area contributed by atoms with Gasteiger partial charge in [-0.15, -0.1) is 6.58 Å². The van der Waals surface area contributed by atoms with E-state index in [1.54, 1.807) is 13.2 Å². The first-order valence-electron chi connectivity index (χ1n) is 9.58. The summed E-state index contributed by atoms with van der Waals surface area (Å²) in [5.41, 5.74) is 0.218. The van der Waals surface area contributed by atoms with E-state index in [0.717, 1.165) is 0 Å². The average molecular weight is 381 g/mol. The molecule has 5 heteroatoms. The topological polar surface area (TPSA) is 44.8 Å². The monoisotopic (exact) mass is 380 g/mol. The van der Waals surface area contributed by atoms with E-state index in [0.29, 0.717) is 41.2 Å². The van der Waals surface area contributed by atoms with Crippen molar-refractivity contribution in [1.82, 2.24) is 0 Å². The highest BCUT2D eigenvalue weighted by molar-refractivity contribution is 6.77. The van der Waals surface area contributed by atoms with Crippen LogP contribution < -0.4 is 0 Å². The number of carbonyl (C=O) groups excluding carboxylic acids is 1. The van der Waals surface area contributed by atoms with E-state index in [9.17, 15) is 4.79 Å². The van der Waals surface area contributed by atoms with Crippen molar-refractivity contribution in [2.45, 2.75) is 71.5 Å². The summed E-state index contributed by atoms with van der Waals surface area (Å²) in [7, 11) is -0.617. The van der Waals surface area contributed by atoms with Crippen molar-refractivity contribution >= 4 is 14.3 Å². The predicted molar refractivity (Wildman–Crippen MR) is 109 cm³/mol. The SMILES string of the molecule is C=CCC1(C(=O)OCC)C=C(OC)C=C1O[Si](C(C)C)(C(C)C)C(C)C. The third-order valence-corrected chi connectivity index (χ3v) is 11.4. The van der Waals surface area contributed by atoms with Crippen LogP contribution in [0.1, 0.15) is 54.9 Å². The van der Waals surface area contributed by atoms with Crippen LogP contribution in [0.3, 0.4) is 0 Å². The number of rotatable bonds is 10. The van der Waals surface area contributed by atoms with Gasteiger partial charge in [0, 0.05) is 6.08 Å². The predicted octanol–water partition coefficient (Wildman–Crippen LogP) is 5.73. The summed E-state index contributed by atoms with van der Waals surface area (Å²) < 4.78 is 17.7. The average Bonchev–Trinajstić information content (AvgIpc) is 2.90. The molecule has 0 heterocycles. The summed E-state index contributed by atoms with van der Waals surface area (Å²) in [5.74, 6) is 0.974. The molecule has 0 aromatic carbocycles. The van der Waals surface area contributed by atoms with Crippen molar-refractivity contribution in [2.24, 2.45) is 5.41 Å². The van der Waals surface area contributed by atoms with Gasteiger partial charge in [-0.2, -0.15) is 0 Å². The van der Waals surface area contributed by atoms with Crippen molar-refractivity contribution in [3.63, 3.8) is 0 Å². The second-order valence-corrected chi connectivity index (χ2v) is 13.2. The lowest BCUT2D eigenvalue weighted by Gasteiger charge is -2.44. The van der Waals surface area contributed by atoms with E-state index in [2.05, 4.69) is 48.1 Å². The van der Waals surface area contributed by atoms with Crippen LogP contribution >= 0.6 is 0 Å². The second kappa shape index (κ2) is 8.93. The first kappa shape index (κ1) is 22.5. The lowest BCUT2D eigenvalue weighted by molar-refractivity contribution is -0.151. The van der Waals surface area contributed by atoms with Crippen molar-refractivity contribution in [3.05, 3.63) is 36.3 Å². The normalized spacial score (nSPS) is 20.3. The standard InChI is InChI=1S/C21H36O4Si/c1-10-12-21(20(22)24-11-2)14-18(23-9)13-19(21)25-26(15(3)4,16(5)6)17(7)8/h10,13-17H,1,11-12H2,2-9H3. The van der Waals surface area contributed by atoms with E-state index in [1.165, 1.54) is 0 Å². The largest absolute Gasteiger partial charge is 0.544 e. The Morgan fingerprint density at radius 2 is 1.73 bits per heavy atom. The molecule has 1 aliphatic carbocycles. The van der Waals surface area contributed by atoms with Crippen LogP contribution in [0.4, 0.5) is 0 Å². The van der Waals surface area contributed by atoms with Crippen LogP contribution in [0.15, 0.2) is 36.3 Å². The molecule has 0 aliphatic heterocycles. The number of hydrogen-bond donors (Lipinski definition) is 0. The van der Waals surface area contributed by atoms with Crippen LogP contribution in [0.2, 0.25) is 16.6 Å². The molecule has 1 aliphatic rings. The summed E-state index contributed by atoms with van der Waals surface area (Å²) in [6, 6.07) is 0. The third-order valence-electron chi connectivity index (χ3n) is 5.44. The van der Waals surface area contributed by atoms with Crippen LogP contribution in [0.5, 0.6) is 0 Å². The van der Waals surface area contributed by atoms with E-state index in [-0.39, 0.29) is 5.97 Å². The summed E-state index contributed by atoms with van der Waals surface area (Å²) in [6.07, 6.45) is 5.84. The maximum atomic E-state index is 12.9. The van der Waals surface area contributed by atoms with Crippen molar-refractivity contribution in [2.75, 3.05) is 13.7 Å². The van der Waals surface area contributed by atoms with E-state index in [1.807, 2.05) is 19.1 Å². The summed E-state index contributed by atoms with van der Waals surface area (Å²) >= 11 is 0. The molecule has 1 rings (SSSR count). The smallest absolute Gasteiger partial charge is 0.324 e. The quantitative estimate of drug-likeness (QED) is 0.276. The number of esters is 1. The molecule has 0 fully saturated rings. The summed E-state index contributed by atoms with van der Waals surface area (Å²) in [4.78, 5) is 12.9. The Morgan fingerprint density at radius 1 is 1.19 bits per heavy atom. The lowest BCUT2D eigenvalue weighted by Crippen LogP contribution is -2.49. The van der Waals surface area contributed by atoms with Gasteiger partial charge in [-0.1, -0.05) is 47.6 Å². The van der Waals surface area contributed by atoms with Gasteiger partial charge in [0.25, 0.3) is 8.32 Å². The molecule has 0 radical (unpaired) electrons. The number of ether oxygens (including phenoxy) is 2. The molecule has 148 valence electrons. The molecule has 1 atom stereocenters. The third kappa shape index (κ3) is 3.92. The minimum Gasteiger partial charge on any atom is -0.544 e. The van der Waals surface area contributed by atoms with Gasteiger partial charge in [0.15, 0.2) is 0 Å². The summed E-state index contributed by atoms with van der Waals surface area (Å²) in [6.45, 7) is 19.4. The molecule has 1 unspecified atom stereocenters. The number of carbonyl (C=O) groups is 1. The molecular formula is C21H36O4Si. The minimum absolute atomic E-state index is 0.308. The molecule has 0 aromatic rings. The molecule has 0 N–H and O–H groups in total. The number of hydrogen-bond acceptors (Lipinski definition) is 4. The Balaban J connectivity index is 3.50. The van der Waals surface area contributed by atoms with Crippen molar-refractivity contribution in [1.29, 1.82) is 0 Å². The molecular weight excluding hydrogens is 344 g/mol. The van der Waals surface area contributed by atoms with Gasteiger partial charge in [0.05, 0.1) is 13.7 Å². The molecule has 26 heavy (non-hydrogen) atoms. The second-order valence-electron chi connectivity index (χ2n) is 7.86. The van der Waals surface area contributed by atoms with Crippen LogP contribution in [-0.4, -0.2) is 28.0 Å². The van der Waals surface area contributed by atoms with Crippen molar-refractivity contribution < 1.29 is 18.7 Å². The van der Waals surface area contributed by atoms with Gasteiger partial charge < -0.3 is 13.9 Å². The van der Waals surface area contributed by atoms with E-state index < -0.39 is 13.7 Å². The first-order valence-corrected chi connectivity index (χ1v) is 11.7. The molecule has 0 bridgehead atoms. The maximum absolute atomic E-state index is 12.9. The summed E-state index contributed by atoms with van der Waals surface area (Å²) in [5, 5.41) is 0. The van der Waals surface area contributed by atoms with Gasteiger partial charge in [0.1, 0.15) is 16.9 Å². The van der Waals surface area contributed by atoms with Crippen molar-refractivity contribution in [3.8, 4) is 0 Å². The number of allylic oxidation sites excluding steroid dienone is 2. The maximum Gasteiger partial charge on any atom is 0.324 e. The highest BCUT2D eigenvalue weighted by atomic mass is 28.4. The Kier molecular flexibility index (Phi) is 7.75.